The third-order valence-corrected chi connectivity index (χ3v) is 5.25. The minimum Gasteiger partial charge on any atom is -0.862 e. The quantitative estimate of drug-likeness (QED) is 0.175. The monoisotopic (exact) mass is 379 g/mol. The van der Waals surface area contributed by atoms with E-state index in [2.05, 4.69) is 4.99 Å². The van der Waals surface area contributed by atoms with E-state index in [9.17, 15) is 24.6 Å². The van der Waals surface area contributed by atoms with E-state index < -0.39 is 41.2 Å². The Bertz CT molecular complexity index is 638. The zero-order valence-corrected chi connectivity index (χ0v) is 16.8. The molecule has 3 atom stereocenters. The van der Waals surface area contributed by atoms with Crippen LogP contribution in [0.2, 0.25) is 0 Å². The zero-order valence-electron chi connectivity index (χ0n) is 14.0. The molecular formula is C14H18N3NaO6S. The van der Waals surface area contributed by atoms with Gasteiger partial charge < -0.3 is 21.1 Å². The smallest absolute Gasteiger partial charge is 0.862 e. The molecule has 132 valence electrons. The van der Waals surface area contributed by atoms with Crippen molar-refractivity contribution in [2.24, 2.45) is 10.7 Å². The summed E-state index contributed by atoms with van der Waals surface area (Å²) in [6, 6.07) is -1.91. The summed E-state index contributed by atoms with van der Waals surface area (Å²) < 4.78 is 0. The van der Waals surface area contributed by atoms with Crippen LogP contribution in [0.15, 0.2) is 16.3 Å². The fourth-order valence-electron chi connectivity index (χ4n) is 2.56. The van der Waals surface area contributed by atoms with Crippen LogP contribution in [-0.4, -0.2) is 62.1 Å². The summed E-state index contributed by atoms with van der Waals surface area (Å²) in [4.78, 5) is 39.0. The van der Waals surface area contributed by atoms with Crippen LogP contribution in [0.3, 0.4) is 0 Å². The number of carbonyl (C=O) groups is 3. The summed E-state index contributed by atoms with van der Waals surface area (Å²) in [6.07, 6.45) is 0.408. The summed E-state index contributed by atoms with van der Waals surface area (Å²) >= 11 is 1.37. The molecule has 2 aliphatic rings. The van der Waals surface area contributed by atoms with E-state index in [4.69, 9.17) is 10.8 Å². The van der Waals surface area contributed by atoms with Gasteiger partial charge in [0.1, 0.15) is 17.1 Å². The molecule has 0 aromatic heterocycles. The molecule has 4 N–H and O–H groups in total. The van der Waals surface area contributed by atoms with Crippen LogP contribution < -0.4 is 40.4 Å². The van der Waals surface area contributed by atoms with Crippen molar-refractivity contribution in [3.8, 4) is 0 Å². The summed E-state index contributed by atoms with van der Waals surface area (Å²) in [5.41, 5.74) is 5.91. The molecule has 9 nitrogen and oxygen atoms in total. The molecule has 0 aromatic carbocycles. The van der Waals surface area contributed by atoms with Crippen molar-refractivity contribution in [3.63, 3.8) is 0 Å². The van der Waals surface area contributed by atoms with E-state index in [1.807, 2.05) is 0 Å². The van der Waals surface area contributed by atoms with Gasteiger partial charge in [-0.25, -0.2) is 4.79 Å². The number of thioether (sulfide) groups is 1. The maximum atomic E-state index is 12.1. The Morgan fingerprint density at radius 3 is 2.68 bits per heavy atom. The van der Waals surface area contributed by atoms with Crippen LogP contribution in [0.5, 0.6) is 0 Å². The predicted octanol–water partition coefficient (Wildman–Crippen LogP) is -4.03. The molecule has 0 aliphatic carbocycles. The molecule has 25 heavy (non-hydrogen) atoms. The van der Waals surface area contributed by atoms with Crippen molar-refractivity contribution >= 4 is 35.5 Å². The topological polar surface area (TPSA) is 156 Å². The number of carbonyl (C=O) groups excluding carboxylic acids is 1. The van der Waals surface area contributed by atoms with Crippen molar-refractivity contribution in [2.45, 2.75) is 43.6 Å². The molecule has 2 unspecified atom stereocenters. The molecule has 2 aliphatic heterocycles. The van der Waals surface area contributed by atoms with Gasteiger partial charge in [-0.1, -0.05) is 0 Å². The van der Waals surface area contributed by atoms with E-state index in [1.165, 1.54) is 16.7 Å². The van der Waals surface area contributed by atoms with Gasteiger partial charge in [-0.3, -0.25) is 19.5 Å². The average molecular weight is 379 g/mol. The first-order valence-corrected chi connectivity index (χ1v) is 8.38. The third kappa shape index (κ3) is 4.76. The maximum Gasteiger partial charge on any atom is 1.00 e. The molecule has 0 saturated carbocycles. The Kier molecular flexibility index (Phi) is 7.94. The number of aliphatic carboxylic acids is 2. The van der Waals surface area contributed by atoms with E-state index in [0.29, 0.717) is 11.3 Å². The Labute approximate surface area is 170 Å². The van der Waals surface area contributed by atoms with E-state index in [-0.39, 0.29) is 54.5 Å². The first-order chi connectivity index (χ1) is 11.2. The van der Waals surface area contributed by atoms with Crippen LogP contribution >= 0.6 is 11.8 Å². The number of rotatable bonds is 7. The van der Waals surface area contributed by atoms with Crippen LogP contribution in [-0.2, 0) is 14.4 Å². The van der Waals surface area contributed by atoms with Gasteiger partial charge in [0, 0.05) is 5.75 Å². The van der Waals surface area contributed by atoms with E-state index in [0.717, 1.165) is 0 Å². The number of hydrogen-bond donors (Lipinski definition) is 3. The third-order valence-electron chi connectivity index (χ3n) is 3.84. The van der Waals surface area contributed by atoms with Gasteiger partial charge >= 0.3 is 41.5 Å². The molecule has 0 aromatic rings. The Hall–Kier alpha value is -1.07. The average Bonchev–Trinajstić information content (AvgIpc) is 2.51. The van der Waals surface area contributed by atoms with Crippen LogP contribution in [0.25, 0.3) is 0 Å². The van der Waals surface area contributed by atoms with Gasteiger partial charge in [0.05, 0.1) is 0 Å². The van der Waals surface area contributed by atoms with Gasteiger partial charge in [0.25, 0.3) is 5.91 Å². The number of β-lactam (4-membered cyclic amide) rings is 1. The number of fused-ring (bicyclic) bond motifs is 1. The van der Waals surface area contributed by atoms with Crippen molar-refractivity contribution in [3.05, 3.63) is 11.3 Å². The van der Waals surface area contributed by atoms with E-state index >= 15 is 0 Å². The second-order valence-corrected chi connectivity index (χ2v) is 6.75. The summed E-state index contributed by atoms with van der Waals surface area (Å²) in [5.74, 6) is -2.84. The number of nitrogens with two attached hydrogens (primary N) is 1. The van der Waals surface area contributed by atoms with E-state index in [1.54, 1.807) is 6.92 Å². The van der Waals surface area contributed by atoms with Gasteiger partial charge in [-0.15, -0.1) is 11.8 Å². The largest absolute Gasteiger partial charge is 1.00 e. The fourth-order valence-corrected chi connectivity index (χ4v) is 3.83. The zero-order chi connectivity index (χ0) is 18.0. The normalized spacial score (nSPS) is 24.2. The second kappa shape index (κ2) is 9.04. The standard InChI is InChI=1S/C14H19N3O6S.Na/c1-6-5-24-12-9(11(19)17(12)10(6)14(22)23)16-8(18)4-2-3-7(15)13(20)21;/h7,9,12H,2-5,15H2,1H3,(H,16,18)(H,20,21)(H,22,23);/q;+1/p-1/t7-,9?,12?;/m1./s1. The number of nitrogens with zero attached hydrogens (tertiary/aromatic N) is 2. The number of carboxylic acid groups (broad SMARTS) is 2. The molecule has 2 rings (SSSR count). The van der Waals surface area contributed by atoms with Crippen molar-refractivity contribution in [1.82, 2.24) is 4.90 Å². The SMILES string of the molecule is CC1=C(C(=O)O)N2C(=O)C(N=C([O-])CCC[C@@H](N)C(=O)O)C2SC1.[Na+]. The maximum absolute atomic E-state index is 12.1. The Morgan fingerprint density at radius 1 is 1.48 bits per heavy atom. The summed E-state index contributed by atoms with van der Waals surface area (Å²) in [6.45, 7) is 1.65. The van der Waals surface area contributed by atoms with Crippen molar-refractivity contribution in [1.29, 1.82) is 0 Å². The van der Waals surface area contributed by atoms with Crippen LogP contribution in [0.1, 0.15) is 26.2 Å². The van der Waals surface area contributed by atoms with Crippen molar-refractivity contribution in [2.75, 3.05) is 5.75 Å². The minimum absolute atomic E-state index is 0. The molecule has 2 heterocycles. The predicted molar refractivity (Wildman–Crippen MR) is 84.1 cm³/mol. The molecule has 0 radical (unpaired) electrons. The first kappa shape index (κ1) is 22.0. The molecule has 1 saturated heterocycles. The van der Waals surface area contributed by atoms with Crippen LogP contribution in [0.4, 0.5) is 0 Å². The van der Waals surface area contributed by atoms with Gasteiger partial charge in [-0.2, -0.15) is 0 Å². The van der Waals surface area contributed by atoms with Gasteiger partial charge in [-0.05, 0) is 37.7 Å². The number of hydrogen-bond acceptors (Lipinski definition) is 7. The summed E-state index contributed by atoms with van der Waals surface area (Å²) in [5, 5.41) is 29.2. The first-order valence-electron chi connectivity index (χ1n) is 7.33. The molecule has 0 bridgehead atoms. The number of amides is 1. The second-order valence-electron chi connectivity index (χ2n) is 5.65. The molecular weight excluding hydrogens is 361 g/mol. The molecule has 1 fully saturated rings. The molecule has 11 heteroatoms. The Balaban J connectivity index is 0.00000312. The van der Waals surface area contributed by atoms with Crippen molar-refractivity contribution < 1.29 is 59.3 Å². The fraction of sp³-hybridized carbons (Fsp3) is 0.571. The molecule has 0 spiro atoms. The van der Waals surface area contributed by atoms with Gasteiger partial charge in [0.2, 0.25) is 0 Å². The minimum atomic E-state index is -1.17. The number of aliphatic imine (C=N–C) groups is 1. The molecule has 1 amide bonds. The summed E-state index contributed by atoms with van der Waals surface area (Å²) in [7, 11) is 0. The Morgan fingerprint density at radius 2 is 2.12 bits per heavy atom. The van der Waals surface area contributed by atoms with Gasteiger partial charge in [0.15, 0.2) is 6.04 Å². The van der Waals surface area contributed by atoms with Crippen LogP contribution in [0, 0.1) is 0 Å². The number of carboxylic acids is 2.